The van der Waals surface area contributed by atoms with Crippen LogP contribution in [0.5, 0.6) is 0 Å². The molecule has 2 aromatic rings. The van der Waals surface area contributed by atoms with Crippen molar-refractivity contribution in [1.82, 2.24) is 24.5 Å². The highest BCUT2D eigenvalue weighted by Crippen LogP contribution is 2.29. The van der Waals surface area contributed by atoms with Crippen molar-refractivity contribution in [3.8, 4) is 5.69 Å². The highest BCUT2D eigenvalue weighted by atomic mass is 32.2. The maximum Gasteiger partial charge on any atom is 0.411 e. The van der Waals surface area contributed by atoms with E-state index in [-0.39, 0.29) is 17.8 Å². The highest BCUT2D eigenvalue weighted by molar-refractivity contribution is 7.99. The number of piperazine rings is 1. The molecule has 5 rings (SSSR count). The number of benzene rings is 1. The summed E-state index contributed by atoms with van der Waals surface area (Å²) in [5.74, 6) is 2.34. The largest absolute Gasteiger partial charge is 0.444 e. The Balaban J connectivity index is 1.26. The first-order valence-electron chi connectivity index (χ1n) is 12.8. The summed E-state index contributed by atoms with van der Waals surface area (Å²) in [5.41, 5.74) is 0.194. The zero-order chi connectivity index (χ0) is 26.2. The summed E-state index contributed by atoms with van der Waals surface area (Å²) in [5, 5.41) is 4.45. The maximum atomic E-state index is 13.4. The fraction of sp³-hybridized carbons (Fsp3) is 0.577. The van der Waals surface area contributed by atoms with Crippen LogP contribution in [0.3, 0.4) is 0 Å². The molecule has 1 aromatic heterocycles. The summed E-state index contributed by atoms with van der Waals surface area (Å²) in [6.07, 6.45) is 1.96. The Labute approximate surface area is 221 Å². The van der Waals surface area contributed by atoms with Crippen LogP contribution in [0.2, 0.25) is 0 Å². The third kappa shape index (κ3) is 5.72. The molecule has 0 spiro atoms. The van der Waals surface area contributed by atoms with E-state index in [2.05, 4.69) is 14.9 Å². The third-order valence-electron chi connectivity index (χ3n) is 7.11. The van der Waals surface area contributed by atoms with Gasteiger partial charge in [-0.05, 0) is 51.5 Å². The Bertz CT molecular complexity index is 1110. The summed E-state index contributed by atoms with van der Waals surface area (Å²) in [6, 6.07) is 7.91. The van der Waals surface area contributed by atoms with Crippen LogP contribution in [0.15, 0.2) is 36.5 Å². The molecule has 0 N–H and O–H groups in total. The molecule has 0 bridgehead atoms. The maximum absolute atomic E-state index is 13.4. The molecule has 11 heteroatoms. The highest BCUT2D eigenvalue weighted by Gasteiger charge is 2.45. The van der Waals surface area contributed by atoms with Crippen molar-refractivity contribution in [2.75, 3.05) is 55.8 Å². The summed E-state index contributed by atoms with van der Waals surface area (Å²) in [6.45, 7) is 9.96. The number of hydrogen-bond donors (Lipinski definition) is 0. The predicted octanol–water partition coefficient (Wildman–Crippen LogP) is 3.04. The molecular weight excluding hydrogens is 495 g/mol. The van der Waals surface area contributed by atoms with Gasteiger partial charge in [0.2, 0.25) is 5.91 Å². The average molecular weight is 531 g/mol. The first-order valence-corrected chi connectivity index (χ1v) is 14.0. The molecule has 1 aromatic carbocycles. The molecule has 200 valence electrons. The normalized spacial score (nSPS) is 23.1. The number of carbonyl (C=O) groups excluding carboxylic acids is 2. The van der Waals surface area contributed by atoms with Gasteiger partial charge in [0.25, 0.3) is 0 Å². The van der Waals surface area contributed by atoms with E-state index in [1.807, 2.05) is 36.4 Å². The van der Waals surface area contributed by atoms with E-state index >= 15 is 0 Å². The van der Waals surface area contributed by atoms with Crippen molar-refractivity contribution >= 4 is 29.6 Å². The number of nitrogens with zero attached hydrogens (tertiary/aromatic N) is 6. The molecular formula is C26H35FN6O3S. The van der Waals surface area contributed by atoms with E-state index in [0.717, 1.165) is 50.0 Å². The second kappa shape index (κ2) is 10.5. The predicted molar refractivity (Wildman–Crippen MR) is 141 cm³/mol. The molecule has 2 amide bonds. The van der Waals surface area contributed by atoms with Crippen molar-refractivity contribution in [2.45, 2.75) is 44.9 Å². The molecule has 0 saturated carbocycles. The fourth-order valence-corrected chi connectivity index (χ4v) is 6.22. The Morgan fingerprint density at radius 3 is 2.43 bits per heavy atom. The summed E-state index contributed by atoms with van der Waals surface area (Å²) < 4.78 is 20.9. The number of carbonyl (C=O) groups is 2. The lowest BCUT2D eigenvalue weighted by Gasteiger charge is -2.38. The minimum absolute atomic E-state index is 0.0280. The average Bonchev–Trinajstić information content (AvgIpc) is 3.64. The van der Waals surface area contributed by atoms with Gasteiger partial charge in [0.05, 0.1) is 17.8 Å². The molecule has 3 saturated heterocycles. The van der Waals surface area contributed by atoms with E-state index < -0.39 is 17.7 Å². The molecule has 2 atom stereocenters. The van der Waals surface area contributed by atoms with Gasteiger partial charge in [0.1, 0.15) is 23.3 Å². The Kier molecular flexibility index (Phi) is 7.35. The monoisotopic (exact) mass is 530 g/mol. The van der Waals surface area contributed by atoms with E-state index in [0.29, 0.717) is 18.8 Å². The molecule has 37 heavy (non-hydrogen) atoms. The van der Waals surface area contributed by atoms with Gasteiger partial charge >= 0.3 is 6.09 Å². The lowest BCUT2D eigenvalue weighted by molar-refractivity contribution is -0.134. The zero-order valence-corrected chi connectivity index (χ0v) is 22.5. The van der Waals surface area contributed by atoms with Gasteiger partial charge in [-0.25, -0.2) is 13.9 Å². The van der Waals surface area contributed by atoms with Crippen LogP contribution in [0.1, 0.15) is 27.2 Å². The van der Waals surface area contributed by atoms with E-state index in [1.54, 1.807) is 35.0 Å². The van der Waals surface area contributed by atoms with Gasteiger partial charge < -0.3 is 14.5 Å². The zero-order valence-electron chi connectivity index (χ0n) is 21.7. The van der Waals surface area contributed by atoms with E-state index in [4.69, 9.17) is 4.74 Å². The van der Waals surface area contributed by atoms with Crippen molar-refractivity contribution < 1.29 is 18.7 Å². The molecule has 3 fully saturated rings. The number of halogens is 1. The number of hydrogen-bond acceptors (Lipinski definition) is 7. The summed E-state index contributed by atoms with van der Waals surface area (Å²) >= 11 is 1.75. The second-order valence-corrected chi connectivity index (χ2v) is 11.9. The number of likely N-dealkylation sites (tertiary alicyclic amines) is 1. The van der Waals surface area contributed by atoms with Crippen LogP contribution in [0, 0.1) is 5.82 Å². The number of amides is 2. The fourth-order valence-electron chi connectivity index (χ4n) is 5.27. The van der Waals surface area contributed by atoms with Crippen molar-refractivity contribution in [3.63, 3.8) is 0 Å². The number of thioether (sulfide) groups is 1. The second-order valence-electron chi connectivity index (χ2n) is 10.8. The summed E-state index contributed by atoms with van der Waals surface area (Å²) in [4.78, 5) is 34.6. The molecule has 3 aliphatic rings. The lowest BCUT2D eigenvalue weighted by atomic mass is 10.1. The standard InChI is InChI=1S/C26H35FN6O3S/c1-26(2,3)36-25(35)32-17-21(16-22(32)24(34)31-14-15-37-18-31)29-10-12-30(13-11-29)23-8-9-28-33(23)20-6-4-19(27)5-7-20/h4-9,21-22H,10-18H2,1-3H3/t21-,22-/m0/s1. The van der Waals surface area contributed by atoms with Gasteiger partial charge in [-0.1, -0.05) is 0 Å². The van der Waals surface area contributed by atoms with Crippen molar-refractivity contribution in [2.24, 2.45) is 0 Å². The first kappa shape index (κ1) is 25.8. The van der Waals surface area contributed by atoms with Gasteiger partial charge in [-0.3, -0.25) is 14.6 Å². The van der Waals surface area contributed by atoms with Crippen molar-refractivity contribution in [3.05, 3.63) is 42.3 Å². The van der Waals surface area contributed by atoms with Crippen LogP contribution in [-0.2, 0) is 9.53 Å². The number of anilines is 1. The summed E-state index contributed by atoms with van der Waals surface area (Å²) in [7, 11) is 0. The SMILES string of the molecule is CC(C)(C)OC(=O)N1C[C@@H](N2CCN(c3ccnn3-c3ccc(F)cc3)CC2)C[C@H]1C(=O)N1CCSC1. The van der Waals surface area contributed by atoms with Crippen LogP contribution in [0.4, 0.5) is 15.0 Å². The van der Waals surface area contributed by atoms with Gasteiger partial charge in [0.15, 0.2) is 0 Å². The topological polar surface area (TPSA) is 74.1 Å². The van der Waals surface area contributed by atoms with E-state index in [9.17, 15) is 14.0 Å². The Hall–Kier alpha value is -2.79. The van der Waals surface area contributed by atoms with Crippen LogP contribution in [0.25, 0.3) is 5.69 Å². The number of rotatable bonds is 4. The lowest BCUT2D eigenvalue weighted by Crippen LogP contribution is -2.51. The van der Waals surface area contributed by atoms with Gasteiger partial charge in [0, 0.05) is 57.1 Å². The van der Waals surface area contributed by atoms with E-state index in [1.165, 1.54) is 12.1 Å². The van der Waals surface area contributed by atoms with Crippen LogP contribution >= 0.6 is 11.8 Å². The number of aromatic nitrogens is 2. The van der Waals surface area contributed by atoms with Crippen molar-refractivity contribution in [1.29, 1.82) is 0 Å². The molecule has 0 radical (unpaired) electrons. The minimum Gasteiger partial charge on any atom is -0.444 e. The number of ether oxygens (including phenoxy) is 1. The van der Waals surface area contributed by atoms with Crippen LogP contribution in [-0.4, -0.2) is 105 Å². The molecule has 0 unspecified atom stereocenters. The van der Waals surface area contributed by atoms with Crippen LogP contribution < -0.4 is 4.90 Å². The first-order chi connectivity index (χ1) is 17.7. The smallest absolute Gasteiger partial charge is 0.411 e. The molecule has 4 heterocycles. The Morgan fingerprint density at radius 1 is 1.05 bits per heavy atom. The third-order valence-corrected chi connectivity index (χ3v) is 8.07. The molecule has 0 aliphatic carbocycles. The quantitative estimate of drug-likeness (QED) is 0.602. The van der Waals surface area contributed by atoms with Gasteiger partial charge in [-0.15, -0.1) is 11.8 Å². The Morgan fingerprint density at radius 2 is 1.78 bits per heavy atom. The molecule has 9 nitrogen and oxygen atoms in total. The molecule has 3 aliphatic heterocycles. The van der Waals surface area contributed by atoms with Gasteiger partial charge in [-0.2, -0.15) is 5.10 Å². The minimum atomic E-state index is -0.620.